The maximum Gasteiger partial charge on any atom is 0.312 e. The van der Waals surface area contributed by atoms with Crippen LogP contribution in [-0.4, -0.2) is 12.1 Å². The molecule has 0 aromatic carbocycles. The fourth-order valence-electron chi connectivity index (χ4n) is 1.47. The molecule has 0 aromatic heterocycles. The number of rotatable bonds is 3. The molecule has 0 spiro atoms. The molecule has 0 heterocycles. The Morgan fingerprint density at radius 3 is 2.82 bits per heavy atom. The van der Waals surface area contributed by atoms with E-state index in [1.54, 1.807) is 0 Å². The van der Waals surface area contributed by atoms with Crippen molar-refractivity contribution in [3.05, 3.63) is 0 Å². The first kappa shape index (κ1) is 8.37. The second-order valence-electron chi connectivity index (χ2n) is 3.74. The highest BCUT2D eigenvalue weighted by Crippen LogP contribution is 2.35. The number of hydrogen-bond acceptors (Lipinski definition) is 1. The average molecular weight is 156 g/mol. The van der Waals surface area contributed by atoms with Gasteiger partial charge in [0.05, 0.1) is 0 Å². The summed E-state index contributed by atoms with van der Waals surface area (Å²) >= 11 is 0. The highest BCUT2D eigenvalue weighted by atomic mass is 16.2. The number of amides is 2. The quantitative estimate of drug-likeness (QED) is 0.631. The summed E-state index contributed by atoms with van der Waals surface area (Å²) in [6.07, 6.45) is 2.31. The molecule has 64 valence electrons. The van der Waals surface area contributed by atoms with E-state index in [9.17, 15) is 4.79 Å². The fraction of sp³-hybridized carbons (Fsp3) is 0.875. The molecule has 2 atom stereocenters. The third kappa shape index (κ3) is 2.78. The highest BCUT2D eigenvalue weighted by Gasteiger charge is 2.37. The van der Waals surface area contributed by atoms with Crippen LogP contribution in [0.1, 0.15) is 26.7 Å². The SMILES string of the molecule is CC(C)CC1CC1NC(N)=O. The van der Waals surface area contributed by atoms with Gasteiger partial charge in [0.2, 0.25) is 0 Å². The van der Waals surface area contributed by atoms with Crippen LogP contribution >= 0.6 is 0 Å². The van der Waals surface area contributed by atoms with Crippen LogP contribution in [0.25, 0.3) is 0 Å². The third-order valence-electron chi connectivity index (χ3n) is 2.02. The minimum absolute atomic E-state index is 0.370. The molecule has 0 radical (unpaired) electrons. The summed E-state index contributed by atoms with van der Waals surface area (Å²) in [6, 6.07) is -0.0174. The van der Waals surface area contributed by atoms with Crippen molar-refractivity contribution in [2.45, 2.75) is 32.7 Å². The van der Waals surface area contributed by atoms with Crippen molar-refractivity contribution in [3.8, 4) is 0 Å². The van der Waals surface area contributed by atoms with Crippen LogP contribution in [-0.2, 0) is 0 Å². The van der Waals surface area contributed by atoms with E-state index in [1.165, 1.54) is 6.42 Å². The predicted octanol–water partition coefficient (Wildman–Crippen LogP) is 1.09. The number of nitrogens with two attached hydrogens (primary N) is 1. The molecule has 1 aliphatic carbocycles. The van der Waals surface area contributed by atoms with Gasteiger partial charge in [0, 0.05) is 6.04 Å². The van der Waals surface area contributed by atoms with E-state index in [0.717, 1.165) is 12.3 Å². The number of urea groups is 1. The van der Waals surface area contributed by atoms with Crippen molar-refractivity contribution in [1.82, 2.24) is 5.32 Å². The van der Waals surface area contributed by atoms with Crippen LogP contribution in [0.3, 0.4) is 0 Å². The molecule has 3 N–H and O–H groups in total. The van der Waals surface area contributed by atoms with Gasteiger partial charge >= 0.3 is 6.03 Å². The molecule has 0 aliphatic heterocycles. The molecule has 1 fully saturated rings. The Morgan fingerprint density at radius 1 is 1.73 bits per heavy atom. The van der Waals surface area contributed by atoms with Crippen molar-refractivity contribution in [3.63, 3.8) is 0 Å². The second-order valence-corrected chi connectivity index (χ2v) is 3.74. The molecule has 2 unspecified atom stereocenters. The molecule has 3 heteroatoms. The second kappa shape index (κ2) is 3.11. The van der Waals surface area contributed by atoms with Gasteiger partial charge < -0.3 is 11.1 Å². The normalized spacial score (nSPS) is 28.6. The average Bonchev–Trinajstić information content (AvgIpc) is 2.43. The van der Waals surface area contributed by atoms with Crippen LogP contribution in [0, 0.1) is 11.8 Å². The molecule has 1 saturated carbocycles. The van der Waals surface area contributed by atoms with Crippen molar-refractivity contribution in [1.29, 1.82) is 0 Å². The van der Waals surface area contributed by atoms with E-state index < -0.39 is 0 Å². The zero-order chi connectivity index (χ0) is 8.43. The number of carbonyl (C=O) groups is 1. The van der Waals surface area contributed by atoms with Crippen LogP contribution in [0.4, 0.5) is 4.79 Å². The van der Waals surface area contributed by atoms with E-state index in [-0.39, 0.29) is 6.03 Å². The minimum Gasteiger partial charge on any atom is -0.352 e. The fourth-order valence-corrected chi connectivity index (χ4v) is 1.47. The summed E-state index contributed by atoms with van der Waals surface area (Å²) in [6.45, 7) is 4.39. The minimum atomic E-state index is -0.388. The first-order valence-corrected chi connectivity index (χ1v) is 4.15. The van der Waals surface area contributed by atoms with Crippen molar-refractivity contribution >= 4 is 6.03 Å². The Kier molecular flexibility index (Phi) is 2.37. The zero-order valence-corrected chi connectivity index (χ0v) is 7.13. The molecule has 1 aliphatic rings. The molecular formula is C8H16N2O. The van der Waals surface area contributed by atoms with Crippen molar-refractivity contribution in [2.24, 2.45) is 17.6 Å². The highest BCUT2D eigenvalue weighted by molar-refractivity contribution is 5.72. The Balaban J connectivity index is 2.11. The largest absolute Gasteiger partial charge is 0.352 e. The standard InChI is InChI=1S/C8H16N2O/c1-5(2)3-6-4-7(6)10-8(9)11/h5-7H,3-4H2,1-2H3,(H3,9,10,11). The maximum atomic E-state index is 10.4. The lowest BCUT2D eigenvalue weighted by atomic mass is 10.1. The zero-order valence-electron chi connectivity index (χ0n) is 7.13. The summed E-state index contributed by atoms with van der Waals surface area (Å²) in [4.78, 5) is 10.4. The third-order valence-corrected chi connectivity index (χ3v) is 2.02. The van der Waals surface area contributed by atoms with Gasteiger partial charge in [0.25, 0.3) is 0 Å². The van der Waals surface area contributed by atoms with E-state index >= 15 is 0 Å². The van der Waals surface area contributed by atoms with Crippen LogP contribution < -0.4 is 11.1 Å². The van der Waals surface area contributed by atoms with E-state index in [4.69, 9.17) is 5.73 Å². The van der Waals surface area contributed by atoms with Crippen molar-refractivity contribution < 1.29 is 4.79 Å². The Hall–Kier alpha value is -0.730. The van der Waals surface area contributed by atoms with Gasteiger partial charge in [-0.2, -0.15) is 0 Å². The van der Waals surface area contributed by atoms with E-state index in [2.05, 4.69) is 19.2 Å². The predicted molar refractivity (Wildman–Crippen MR) is 44.1 cm³/mol. The Morgan fingerprint density at radius 2 is 2.36 bits per heavy atom. The number of hydrogen-bond donors (Lipinski definition) is 2. The van der Waals surface area contributed by atoms with Gasteiger partial charge in [-0.1, -0.05) is 13.8 Å². The smallest absolute Gasteiger partial charge is 0.312 e. The summed E-state index contributed by atoms with van der Waals surface area (Å²) in [5.41, 5.74) is 4.98. The number of primary amides is 1. The van der Waals surface area contributed by atoms with Gasteiger partial charge in [-0.25, -0.2) is 4.79 Å². The van der Waals surface area contributed by atoms with Gasteiger partial charge in [-0.3, -0.25) is 0 Å². The maximum absolute atomic E-state index is 10.4. The van der Waals surface area contributed by atoms with Gasteiger partial charge in [0.1, 0.15) is 0 Å². The first-order chi connectivity index (χ1) is 5.09. The monoisotopic (exact) mass is 156 g/mol. The lowest BCUT2D eigenvalue weighted by molar-refractivity contribution is 0.248. The molecule has 11 heavy (non-hydrogen) atoms. The summed E-state index contributed by atoms with van der Waals surface area (Å²) < 4.78 is 0. The topological polar surface area (TPSA) is 55.1 Å². The van der Waals surface area contributed by atoms with Gasteiger partial charge in [-0.15, -0.1) is 0 Å². The van der Waals surface area contributed by atoms with Crippen LogP contribution in [0.5, 0.6) is 0 Å². The first-order valence-electron chi connectivity index (χ1n) is 4.15. The summed E-state index contributed by atoms with van der Waals surface area (Å²) in [5, 5.41) is 2.71. The molecule has 0 bridgehead atoms. The summed E-state index contributed by atoms with van der Waals surface area (Å²) in [7, 11) is 0. The molecule has 0 aromatic rings. The number of carbonyl (C=O) groups excluding carboxylic acids is 1. The molecular weight excluding hydrogens is 140 g/mol. The molecule has 1 rings (SSSR count). The molecule has 0 saturated heterocycles. The lowest BCUT2D eigenvalue weighted by Gasteiger charge is -2.03. The molecule has 3 nitrogen and oxygen atoms in total. The Bertz CT molecular complexity index is 156. The van der Waals surface area contributed by atoms with E-state index in [1.807, 2.05) is 0 Å². The van der Waals surface area contributed by atoms with Gasteiger partial charge in [0.15, 0.2) is 0 Å². The Labute approximate surface area is 67.3 Å². The summed E-state index contributed by atoms with van der Waals surface area (Å²) in [5.74, 6) is 1.40. The van der Waals surface area contributed by atoms with E-state index in [0.29, 0.717) is 12.0 Å². The number of nitrogens with one attached hydrogen (secondary N) is 1. The van der Waals surface area contributed by atoms with Crippen molar-refractivity contribution in [2.75, 3.05) is 0 Å². The molecule has 2 amide bonds. The van der Waals surface area contributed by atoms with Gasteiger partial charge in [-0.05, 0) is 24.7 Å². The van der Waals surface area contributed by atoms with Crippen LogP contribution in [0.2, 0.25) is 0 Å². The van der Waals surface area contributed by atoms with Crippen LogP contribution in [0.15, 0.2) is 0 Å². The lowest BCUT2D eigenvalue weighted by Crippen LogP contribution is -2.32.